The van der Waals surface area contributed by atoms with Crippen LogP contribution in [0.1, 0.15) is 44.9 Å². The summed E-state index contributed by atoms with van der Waals surface area (Å²) in [6.45, 7) is 3.08. The number of ether oxygens (including phenoxy) is 1. The fraction of sp³-hybridized carbons (Fsp3) is 0.950. The number of nitrogens with zero attached hydrogens (tertiary/aromatic N) is 1. The second kappa shape index (κ2) is 7.79. The van der Waals surface area contributed by atoms with Crippen LogP contribution in [0.5, 0.6) is 0 Å². The molecule has 4 N–H and O–H groups in total. The van der Waals surface area contributed by atoms with Crippen LogP contribution in [-0.4, -0.2) is 71.0 Å². The molecular weight excluding hydrogens is 368 g/mol. The maximum Gasteiger partial charge on any atom is 0.225 e. The smallest absolute Gasteiger partial charge is 0.225 e. The standard InChI is InChI=1S/C20H33ClN2O4/c21-15-8-13(9-16(24)18(15)25)19(26)23-5-3-20(4-6-23)11-27-17-2-1-12(10-22)7-14(17)20/h12-18,24-25H,1-11,22H2. The van der Waals surface area contributed by atoms with E-state index in [9.17, 15) is 15.0 Å². The zero-order chi connectivity index (χ0) is 19.2. The largest absolute Gasteiger partial charge is 0.390 e. The molecule has 2 aliphatic heterocycles. The van der Waals surface area contributed by atoms with Gasteiger partial charge in [-0.05, 0) is 63.3 Å². The van der Waals surface area contributed by atoms with Crippen molar-refractivity contribution in [1.82, 2.24) is 4.90 Å². The molecule has 4 fully saturated rings. The summed E-state index contributed by atoms with van der Waals surface area (Å²) in [6, 6.07) is 0. The third kappa shape index (κ3) is 3.64. The van der Waals surface area contributed by atoms with Crippen LogP contribution >= 0.6 is 11.6 Å². The number of likely N-dealkylation sites (tertiary alicyclic amines) is 1. The van der Waals surface area contributed by atoms with Gasteiger partial charge in [0.1, 0.15) is 0 Å². The van der Waals surface area contributed by atoms with Crippen LogP contribution < -0.4 is 5.73 Å². The van der Waals surface area contributed by atoms with E-state index in [0.29, 0.717) is 30.8 Å². The summed E-state index contributed by atoms with van der Waals surface area (Å²) in [5, 5.41) is 19.2. The highest BCUT2D eigenvalue weighted by atomic mass is 35.5. The van der Waals surface area contributed by atoms with Crippen molar-refractivity contribution in [3.63, 3.8) is 0 Å². The summed E-state index contributed by atoms with van der Waals surface area (Å²) in [4.78, 5) is 14.9. The lowest BCUT2D eigenvalue weighted by Crippen LogP contribution is -2.52. The highest BCUT2D eigenvalue weighted by Crippen LogP contribution is 2.52. The van der Waals surface area contributed by atoms with E-state index in [1.54, 1.807) is 0 Å². The van der Waals surface area contributed by atoms with E-state index < -0.39 is 17.6 Å². The molecule has 0 bridgehead atoms. The second-order valence-electron chi connectivity index (χ2n) is 9.30. The number of piperidine rings is 1. The number of carbonyl (C=O) groups is 1. The van der Waals surface area contributed by atoms with Gasteiger partial charge in [0, 0.05) is 24.4 Å². The predicted octanol–water partition coefficient (Wildman–Crippen LogP) is 1.11. The summed E-state index contributed by atoms with van der Waals surface area (Å²) in [6.07, 6.45) is 4.70. The van der Waals surface area contributed by atoms with E-state index in [2.05, 4.69) is 0 Å². The first-order valence-corrected chi connectivity index (χ1v) is 11.0. The number of halogens is 1. The summed E-state index contributed by atoms with van der Waals surface area (Å²) in [5.41, 5.74) is 6.14. The summed E-state index contributed by atoms with van der Waals surface area (Å²) in [7, 11) is 0. The van der Waals surface area contributed by atoms with Gasteiger partial charge in [-0.15, -0.1) is 11.6 Å². The highest BCUT2D eigenvalue weighted by Gasteiger charge is 2.53. The first-order valence-electron chi connectivity index (χ1n) is 10.5. The van der Waals surface area contributed by atoms with E-state index >= 15 is 0 Å². The van der Waals surface area contributed by atoms with Crippen molar-refractivity contribution in [3.05, 3.63) is 0 Å². The van der Waals surface area contributed by atoms with Crippen molar-refractivity contribution in [2.45, 2.75) is 68.6 Å². The van der Waals surface area contributed by atoms with Crippen LogP contribution in [-0.2, 0) is 9.53 Å². The molecule has 2 aliphatic carbocycles. The lowest BCUT2D eigenvalue weighted by molar-refractivity contribution is -0.142. The van der Waals surface area contributed by atoms with E-state index in [4.69, 9.17) is 22.1 Å². The minimum Gasteiger partial charge on any atom is -0.390 e. The molecular formula is C20H33ClN2O4. The molecule has 4 aliphatic rings. The van der Waals surface area contributed by atoms with Gasteiger partial charge in [0.05, 0.1) is 30.3 Å². The minimum absolute atomic E-state index is 0.0837. The number of hydrogen-bond donors (Lipinski definition) is 3. The first kappa shape index (κ1) is 19.9. The molecule has 0 aromatic rings. The molecule has 0 radical (unpaired) electrons. The topological polar surface area (TPSA) is 96.0 Å². The third-order valence-corrected chi connectivity index (χ3v) is 8.26. The van der Waals surface area contributed by atoms with E-state index in [1.165, 1.54) is 6.42 Å². The molecule has 27 heavy (non-hydrogen) atoms. The molecule has 7 heteroatoms. The third-order valence-electron chi connectivity index (χ3n) is 7.82. The number of aliphatic hydroxyl groups excluding tert-OH is 2. The Kier molecular flexibility index (Phi) is 5.74. The number of amides is 1. The lowest BCUT2D eigenvalue weighted by atomic mass is 9.63. The van der Waals surface area contributed by atoms with Gasteiger partial charge in [-0.3, -0.25) is 4.79 Å². The zero-order valence-electron chi connectivity index (χ0n) is 15.9. The Morgan fingerprint density at radius 2 is 1.93 bits per heavy atom. The second-order valence-corrected chi connectivity index (χ2v) is 9.86. The average Bonchev–Trinajstić information content (AvgIpc) is 3.03. The molecule has 0 aromatic heterocycles. The molecule has 4 rings (SSSR count). The molecule has 2 saturated carbocycles. The SMILES string of the molecule is NCC1CCC2OCC3(CCN(C(=O)C4CC(O)C(O)C(Cl)C4)CC3)C2C1. The van der Waals surface area contributed by atoms with Gasteiger partial charge < -0.3 is 25.6 Å². The van der Waals surface area contributed by atoms with Gasteiger partial charge in [-0.1, -0.05) is 0 Å². The Balaban J connectivity index is 1.37. The highest BCUT2D eigenvalue weighted by molar-refractivity contribution is 6.21. The quantitative estimate of drug-likeness (QED) is 0.603. The van der Waals surface area contributed by atoms with Crippen LogP contribution in [0.25, 0.3) is 0 Å². The van der Waals surface area contributed by atoms with Crippen molar-refractivity contribution in [2.75, 3.05) is 26.2 Å². The van der Waals surface area contributed by atoms with Crippen LogP contribution in [0.15, 0.2) is 0 Å². The number of fused-ring (bicyclic) bond motifs is 2. The number of nitrogens with two attached hydrogens (primary N) is 1. The van der Waals surface area contributed by atoms with Gasteiger partial charge >= 0.3 is 0 Å². The van der Waals surface area contributed by atoms with Crippen LogP contribution in [0, 0.1) is 23.2 Å². The van der Waals surface area contributed by atoms with Crippen molar-refractivity contribution < 1.29 is 19.7 Å². The Bertz CT molecular complexity index is 542. The molecule has 0 aromatic carbocycles. The van der Waals surface area contributed by atoms with E-state index in [1.807, 2.05) is 4.90 Å². The lowest BCUT2D eigenvalue weighted by Gasteiger charge is -2.46. The predicted molar refractivity (Wildman–Crippen MR) is 102 cm³/mol. The van der Waals surface area contributed by atoms with E-state index in [-0.39, 0.29) is 17.2 Å². The molecule has 6 nitrogen and oxygen atoms in total. The molecule has 2 heterocycles. The monoisotopic (exact) mass is 400 g/mol. The van der Waals surface area contributed by atoms with Gasteiger partial charge in [0.2, 0.25) is 5.91 Å². The van der Waals surface area contributed by atoms with E-state index in [0.717, 1.165) is 51.9 Å². The molecule has 2 saturated heterocycles. The Hall–Kier alpha value is -0.400. The first-order chi connectivity index (χ1) is 12.9. The van der Waals surface area contributed by atoms with Crippen molar-refractivity contribution in [2.24, 2.45) is 28.9 Å². The van der Waals surface area contributed by atoms with Gasteiger partial charge in [0.15, 0.2) is 0 Å². The Morgan fingerprint density at radius 1 is 1.19 bits per heavy atom. The fourth-order valence-electron chi connectivity index (χ4n) is 5.99. The maximum atomic E-state index is 13.0. The van der Waals surface area contributed by atoms with Crippen LogP contribution in [0.2, 0.25) is 0 Å². The maximum absolute atomic E-state index is 13.0. The summed E-state index contributed by atoms with van der Waals surface area (Å²) >= 11 is 6.13. The van der Waals surface area contributed by atoms with Crippen LogP contribution in [0.3, 0.4) is 0 Å². The normalized spacial score (nSPS) is 44.3. The minimum atomic E-state index is -0.935. The van der Waals surface area contributed by atoms with Gasteiger partial charge in [-0.25, -0.2) is 0 Å². The number of aliphatic hydroxyl groups is 2. The molecule has 1 spiro atoms. The fourth-order valence-corrected chi connectivity index (χ4v) is 6.38. The van der Waals surface area contributed by atoms with Crippen molar-refractivity contribution in [1.29, 1.82) is 0 Å². The number of rotatable bonds is 2. The van der Waals surface area contributed by atoms with Crippen LogP contribution in [0.4, 0.5) is 0 Å². The Labute approximate surface area is 166 Å². The average molecular weight is 401 g/mol. The van der Waals surface area contributed by atoms with Gasteiger partial charge in [-0.2, -0.15) is 0 Å². The zero-order valence-corrected chi connectivity index (χ0v) is 16.7. The molecule has 7 unspecified atom stereocenters. The number of carbonyl (C=O) groups excluding carboxylic acids is 1. The summed E-state index contributed by atoms with van der Waals surface area (Å²) in [5.74, 6) is 0.987. The molecule has 7 atom stereocenters. The number of hydrogen-bond acceptors (Lipinski definition) is 5. The van der Waals surface area contributed by atoms with Gasteiger partial charge in [0.25, 0.3) is 0 Å². The molecule has 1 amide bonds. The Morgan fingerprint density at radius 3 is 2.59 bits per heavy atom. The van der Waals surface area contributed by atoms with Crippen molar-refractivity contribution in [3.8, 4) is 0 Å². The molecule has 154 valence electrons. The summed E-state index contributed by atoms with van der Waals surface area (Å²) < 4.78 is 6.17. The number of alkyl halides is 1. The van der Waals surface area contributed by atoms with Crippen molar-refractivity contribution >= 4 is 17.5 Å².